The van der Waals surface area contributed by atoms with Crippen molar-refractivity contribution in [3.8, 4) is 0 Å². The second-order valence-corrected chi connectivity index (χ2v) is 7.12. The zero-order valence-electron chi connectivity index (χ0n) is 13.9. The fraction of sp³-hybridized carbons (Fsp3) is 0.350. The molecule has 1 aliphatic rings. The first kappa shape index (κ1) is 16.9. The number of nitrogens with zero attached hydrogens (tertiary/aromatic N) is 1. The number of hydrogen-bond donors (Lipinski definition) is 1. The van der Waals surface area contributed by atoms with E-state index in [9.17, 15) is 4.79 Å². The molecule has 0 atom stereocenters. The second kappa shape index (κ2) is 8.78. The molecule has 1 amide bonds. The van der Waals surface area contributed by atoms with Crippen LogP contribution >= 0.6 is 11.8 Å². The van der Waals surface area contributed by atoms with Gasteiger partial charge in [0.25, 0.3) is 0 Å². The molecule has 2 aromatic rings. The van der Waals surface area contributed by atoms with E-state index in [0.717, 1.165) is 29.4 Å². The minimum Gasteiger partial charge on any atom is -0.370 e. The van der Waals surface area contributed by atoms with Gasteiger partial charge < -0.3 is 10.2 Å². The summed E-state index contributed by atoms with van der Waals surface area (Å²) in [6.45, 7) is 2.15. The van der Waals surface area contributed by atoms with E-state index in [1.807, 2.05) is 42.5 Å². The average molecular weight is 340 g/mol. The van der Waals surface area contributed by atoms with Crippen LogP contribution in [-0.4, -0.2) is 24.7 Å². The maximum atomic E-state index is 12.3. The highest BCUT2D eigenvalue weighted by Crippen LogP contribution is 2.28. The molecule has 126 valence electrons. The summed E-state index contributed by atoms with van der Waals surface area (Å²) < 4.78 is 0. The minimum atomic E-state index is 0.0473. The van der Waals surface area contributed by atoms with E-state index in [1.54, 1.807) is 11.8 Å². The number of anilines is 2. The van der Waals surface area contributed by atoms with E-state index in [2.05, 4.69) is 22.3 Å². The van der Waals surface area contributed by atoms with Crippen LogP contribution in [0.15, 0.2) is 59.5 Å². The summed E-state index contributed by atoms with van der Waals surface area (Å²) in [6.07, 6.45) is 5.07. The number of hydrogen-bond acceptors (Lipinski definition) is 3. The summed E-state index contributed by atoms with van der Waals surface area (Å²) in [5.74, 6) is 0.476. The number of thioether (sulfide) groups is 1. The molecular weight excluding hydrogens is 316 g/mol. The first-order valence-electron chi connectivity index (χ1n) is 8.64. The average Bonchev–Trinajstić information content (AvgIpc) is 2.91. The third-order valence-electron chi connectivity index (χ3n) is 4.24. The Morgan fingerprint density at radius 2 is 1.58 bits per heavy atom. The molecule has 24 heavy (non-hydrogen) atoms. The summed E-state index contributed by atoms with van der Waals surface area (Å²) in [6, 6.07) is 18.2. The maximum absolute atomic E-state index is 12.3. The summed E-state index contributed by atoms with van der Waals surface area (Å²) in [7, 11) is 0. The quantitative estimate of drug-likeness (QED) is 0.794. The molecule has 3 rings (SSSR count). The fourth-order valence-electron chi connectivity index (χ4n) is 3.02. The van der Waals surface area contributed by atoms with Gasteiger partial charge in [0, 0.05) is 18.0 Å². The normalized spacial score (nSPS) is 14.9. The smallest absolute Gasteiger partial charge is 0.234 e. The van der Waals surface area contributed by atoms with E-state index in [4.69, 9.17) is 0 Å². The Balaban J connectivity index is 1.63. The number of para-hydroxylation sites is 2. The summed E-state index contributed by atoms with van der Waals surface area (Å²) in [5, 5.41) is 3.10. The molecule has 0 spiro atoms. The highest BCUT2D eigenvalue weighted by molar-refractivity contribution is 8.00. The van der Waals surface area contributed by atoms with Crippen molar-refractivity contribution in [1.29, 1.82) is 0 Å². The molecular formula is C20H24N2OS. The van der Waals surface area contributed by atoms with Crippen molar-refractivity contribution in [2.24, 2.45) is 0 Å². The van der Waals surface area contributed by atoms with Crippen molar-refractivity contribution < 1.29 is 4.79 Å². The van der Waals surface area contributed by atoms with Crippen molar-refractivity contribution >= 4 is 29.0 Å². The van der Waals surface area contributed by atoms with Gasteiger partial charge in [-0.1, -0.05) is 43.2 Å². The number of nitrogens with one attached hydrogen (secondary N) is 1. The Morgan fingerprint density at radius 3 is 2.33 bits per heavy atom. The Kier molecular flexibility index (Phi) is 6.19. The number of benzene rings is 2. The molecule has 0 radical (unpaired) electrons. The Bertz CT molecular complexity index is 652. The molecule has 0 saturated carbocycles. The van der Waals surface area contributed by atoms with Crippen molar-refractivity contribution in [2.75, 3.05) is 29.1 Å². The van der Waals surface area contributed by atoms with Crippen LogP contribution in [0.1, 0.15) is 25.7 Å². The van der Waals surface area contributed by atoms with E-state index < -0.39 is 0 Å². The van der Waals surface area contributed by atoms with Crippen LogP contribution in [0.4, 0.5) is 11.4 Å². The third kappa shape index (κ3) is 4.78. The van der Waals surface area contributed by atoms with E-state index in [-0.39, 0.29) is 5.91 Å². The Morgan fingerprint density at radius 1 is 0.917 bits per heavy atom. The lowest BCUT2D eigenvalue weighted by Crippen LogP contribution is -2.26. The molecule has 0 bridgehead atoms. The van der Waals surface area contributed by atoms with Crippen molar-refractivity contribution in [1.82, 2.24) is 0 Å². The Hall–Kier alpha value is -1.94. The third-order valence-corrected chi connectivity index (χ3v) is 5.25. The predicted octanol–water partition coefficient (Wildman–Crippen LogP) is 4.80. The predicted molar refractivity (Wildman–Crippen MR) is 103 cm³/mol. The van der Waals surface area contributed by atoms with Crippen LogP contribution in [0.2, 0.25) is 0 Å². The molecule has 0 unspecified atom stereocenters. The lowest BCUT2D eigenvalue weighted by molar-refractivity contribution is -0.113. The summed E-state index contributed by atoms with van der Waals surface area (Å²) >= 11 is 1.57. The lowest BCUT2D eigenvalue weighted by Gasteiger charge is -2.25. The lowest BCUT2D eigenvalue weighted by atomic mass is 10.2. The number of carbonyl (C=O) groups is 1. The molecule has 4 heteroatoms. The standard InChI is InChI=1S/C20H24N2OS/c23-20(16-24-17-10-4-3-5-11-17)21-18-12-6-7-13-19(18)22-14-8-1-2-9-15-22/h3-7,10-13H,1-2,8-9,14-16H2,(H,21,23). The zero-order valence-corrected chi connectivity index (χ0v) is 14.7. The molecule has 1 saturated heterocycles. The van der Waals surface area contributed by atoms with Crippen molar-refractivity contribution in [3.05, 3.63) is 54.6 Å². The van der Waals surface area contributed by atoms with Gasteiger partial charge in [-0.05, 0) is 37.1 Å². The monoisotopic (exact) mass is 340 g/mol. The van der Waals surface area contributed by atoms with Gasteiger partial charge in [0.05, 0.1) is 17.1 Å². The first-order chi connectivity index (χ1) is 11.8. The largest absolute Gasteiger partial charge is 0.370 e. The van der Waals surface area contributed by atoms with E-state index >= 15 is 0 Å². The van der Waals surface area contributed by atoms with Crippen LogP contribution in [0, 0.1) is 0 Å². The van der Waals surface area contributed by atoms with E-state index in [0.29, 0.717) is 5.75 Å². The maximum Gasteiger partial charge on any atom is 0.234 e. The van der Waals surface area contributed by atoms with E-state index in [1.165, 1.54) is 25.7 Å². The first-order valence-corrected chi connectivity index (χ1v) is 9.63. The topological polar surface area (TPSA) is 32.3 Å². The molecule has 3 nitrogen and oxygen atoms in total. The second-order valence-electron chi connectivity index (χ2n) is 6.07. The van der Waals surface area contributed by atoms with Crippen LogP contribution in [0.5, 0.6) is 0 Å². The zero-order chi connectivity index (χ0) is 16.6. The molecule has 0 aromatic heterocycles. The molecule has 1 N–H and O–H groups in total. The SMILES string of the molecule is O=C(CSc1ccccc1)Nc1ccccc1N1CCCCCC1. The van der Waals surface area contributed by atoms with Gasteiger partial charge in [-0.3, -0.25) is 4.79 Å². The van der Waals surface area contributed by atoms with Gasteiger partial charge in [-0.15, -0.1) is 11.8 Å². The molecule has 0 aliphatic carbocycles. The van der Waals surface area contributed by atoms with Crippen LogP contribution in [0.3, 0.4) is 0 Å². The highest BCUT2D eigenvalue weighted by Gasteiger charge is 2.14. The minimum absolute atomic E-state index is 0.0473. The van der Waals surface area contributed by atoms with Crippen LogP contribution in [-0.2, 0) is 4.79 Å². The Labute approximate surface area is 148 Å². The molecule has 2 aromatic carbocycles. The number of amides is 1. The molecule has 1 fully saturated rings. The summed E-state index contributed by atoms with van der Waals surface area (Å²) in [5.41, 5.74) is 2.08. The van der Waals surface area contributed by atoms with Gasteiger partial charge >= 0.3 is 0 Å². The number of rotatable bonds is 5. The van der Waals surface area contributed by atoms with Gasteiger partial charge in [-0.25, -0.2) is 0 Å². The van der Waals surface area contributed by atoms with Crippen molar-refractivity contribution in [3.63, 3.8) is 0 Å². The highest BCUT2D eigenvalue weighted by atomic mass is 32.2. The van der Waals surface area contributed by atoms with Crippen molar-refractivity contribution in [2.45, 2.75) is 30.6 Å². The summed E-state index contributed by atoms with van der Waals surface area (Å²) in [4.78, 5) is 15.9. The van der Waals surface area contributed by atoms with Gasteiger partial charge in [-0.2, -0.15) is 0 Å². The molecule has 1 aliphatic heterocycles. The number of carbonyl (C=O) groups excluding carboxylic acids is 1. The molecule has 1 heterocycles. The fourth-order valence-corrected chi connectivity index (χ4v) is 3.74. The van der Waals surface area contributed by atoms with Gasteiger partial charge in [0.2, 0.25) is 5.91 Å². The van der Waals surface area contributed by atoms with Gasteiger partial charge in [0.15, 0.2) is 0 Å². The van der Waals surface area contributed by atoms with Crippen LogP contribution in [0.25, 0.3) is 0 Å². The van der Waals surface area contributed by atoms with Crippen LogP contribution < -0.4 is 10.2 Å². The van der Waals surface area contributed by atoms with Gasteiger partial charge in [0.1, 0.15) is 0 Å².